The molecule has 1 aromatic rings. The molecule has 112 valence electrons. The number of nitrogens with two attached hydrogens (primary N) is 1. The van der Waals surface area contributed by atoms with Crippen LogP contribution in [0.5, 0.6) is 0 Å². The van der Waals surface area contributed by atoms with Gasteiger partial charge in [-0.15, -0.1) is 0 Å². The van der Waals surface area contributed by atoms with Gasteiger partial charge in [-0.25, -0.2) is 17.9 Å². The SMILES string of the molecule is CN1CCOC(CNc2ccc(S(N)(=O)=O)cc2F)C1. The first-order chi connectivity index (χ1) is 9.36. The van der Waals surface area contributed by atoms with E-state index in [4.69, 9.17) is 9.88 Å². The molecule has 0 saturated carbocycles. The summed E-state index contributed by atoms with van der Waals surface area (Å²) in [7, 11) is -1.89. The van der Waals surface area contributed by atoms with Gasteiger partial charge in [-0.1, -0.05) is 0 Å². The second kappa shape index (κ2) is 6.04. The number of hydrogen-bond acceptors (Lipinski definition) is 5. The van der Waals surface area contributed by atoms with Crippen LogP contribution in [-0.4, -0.2) is 52.7 Å². The highest BCUT2D eigenvalue weighted by molar-refractivity contribution is 7.89. The van der Waals surface area contributed by atoms with Crippen molar-refractivity contribution in [2.45, 2.75) is 11.0 Å². The number of nitrogens with zero attached hydrogens (tertiary/aromatic N) is 1. The van der Waals surface area contributed by atoms with Gasteiger partial charge in [0.25, 0.3) is 0 Å². The lowest BCUT2D eigenvalue weighted by molar-refractivity contribution is -0.0117. The van der Waals surface area contributed by atoms with Gasteiger partial charge >= 0.3 is 0 Å². The summed E-state index contributed by atoms with van der Waals surface area (Å²) in [5.41, 5.74) is 0.231. The summed E-state index contributed by atoms with van der Waals surface area (Å²) < 4.78 is 41.5. The van der Waals surface area contributed by atoms with Crippen LogP contribution in [0.4, 0.5) is 10.1 Å². The van der Waals surface area contributed by atoms with Gasteiger partial charge in [-0.3, -0.25) is 0 Å². The standard InChI is InChI=1S/C12H18FN3O3S/c1-16-4-5-19-9(8-16)7-15-12-3-2-10(6-11(12)13)20(14,17)18/h2-3,6,9,15H,4-5,7-8H2,1H3,(H2,14,17,18). The van der Waals surface area contributed by atoms with E-state index in [0.717, 1.165) is 19.2 Å². The molecule has 1 aliphatic rings. The van der Waals surface area contributed by atoms with Crippen molar-refractivity contribution < 1.29 is 17.5 Å². The van der Waals surface area contributed by atoms with Crippen molar-refractivity contribution in [2.24, 2.45) is 5.14 Å². The van der Waals surface area contributed by atoms with E-state index in [1.165, 1.54) is 12.1 Å². The van der Waals surface area contributed by atoms with Gasteiger partial charge in [-0.2, -0.15) is 0 Å². The minimum atomic E-state index is -3.88. The molecule has 1 fully saturated rings. The fraction of sp³-hybridized carbons (Fsp3) is 0.500. The summed E-state index contributed by atoms with van der Waals surface area (Å²) in [5.74, 6) is -0.652. The molecule has 3 N–H and O–H groups in total. The Morgan fingerprint density at radius 2 is 2.30 bits per heavy atom. The van der Waals surface area contributed by atoms with Gasteiger partial charge in [0.05, 0.1) is 23.3 Å². The summed E-state index contributed by atoms with van der Waals surface area (Å²) in [6.45, 7) is 2.75. The normalized spacial score (nSPS) is 20.9. The molecule has 1 heterocycles. The second-order valence-electron chi connectivity index (χ2n) is 4.82. The topological polar surface area (TPSA) is 84.7 Å². The maximum atomic E-state index is 13.8. The molecule has 1 unspecified atom stereocenters. The predicted octanol–water partition coefficient (Wildman–Crippen LogP) is 0.216. The van der Waals surface area contributed by atoms with Crippen LogP contribution in [0.25, 0.3) is 0 Å². The fourth-order valence-corrected chi connectivity index (χ4v) is 2.56. The lowest BCUT2D eigenvalue weighted by Gasteiger charge is -2.30. The summed E-state index contributed by atoms with van der Waals surface area (Å²) in [6, 6.07) is 3.54. The first-order valence-corrected chi connectivity index (χ1v) is 7.77. The first-order valence-electron chi connectivity index (χ1n) is 6.22. The van der Waals surface area contributed by atoms with Gasteiger partial charge in [-0.05, 0) is 25.2 Å². The van der Waals surface area contributed by atoms with Gasteiger partial charge < -0.3 is 15.0 Å². The number of nitrogens with one attached hydrogen (secondary N) is 1. The summed E-state index contributed by atoms with van der Waals surface area (Å²) >= 11 is 0. The maximum absolute atomic E-state index is 13.8. The number of sulfonamides is 1. The fourth-order valence-electron chi connectivity index (χ4n) is 2.03. The van der Waals surface area contributed by atoms with Crippen LogP contribution in [0.2, 0.25) is 0 Å². The van der Waals surface area contributed by atoms with Crippen LogP contribution in [0.1, 0.15) is 0 Å². The van der Waals surface area contributed by atoms with E-state index in [1.807, 2.05) is 7.05 Å². The Morgan fingerprint density at radius 3 is 2.90 bits per heavy atom. The van der Waals surface area contributed by atoms with Crippen molar-refractivity contribution in [1.29, 1.82) is 0 Å². The number of hydrogen-bond donors (Lipinski definition) is 2. The van der Waals surface area contributed by atoms with Crippen LogP contribution in [0.3, 0.4) is 0 Å². The molecule has 20 heavy (non-hydrogen) atoms. The molecule has 1 atom stereocenters. The van der Waals surface area contributed by atoms with E-state index < -0.39 is 15.8 Å². The van der Waals surface area contributed by atoms with Crippen LogP contribution >= 0.6 is 0 Å². The number of halogens is 1. The average Bonchev–Trinajstić information content (AvgIpc) is 2.36. The number of morpholine rings is 1. The largest absolute Gasteiger partial charge is 0.380 e. The number of ether oxygens (including phenoxy) is 1. The molecule has 1 saturated heterocycles. The molecular formula is C12H18FN3O3S. The Balaban J connectivity index is 2.00. The van der Waals surface area contributed by atoms with Crippen LogP contribution in [0.15, 0.2) is 23.1 Å². The highest BCUT2D eigenvalue weighted by Gasteiger charge is 2.18. The number of rotatable bonds is 4. The summed E-state index contributed by atoms with van der Waals surface area (Å²) in [6.07, 6.45) is -0.0222. The summed E-state index contributed by atoms with van der Waals surface area (Å²) in [5, 5.41) is 7.86. The highest BCUT2D eigenvalue weighted by Crippen LogP contribution is 2.18. The van der Waals surface area contributed by atoms with Crippen molar-refractivity contribution >= 4 is 15.7 Å². The second-order valence-corrected chi connectivity index (χ2v) is 6.38. The lowest BCUT2D eigenvalue weighted by atomic mass is 10.2. The van der Waals surface area contributed by atoms with Crippen LogP contribution < -0.4 is 10.5 Å². The molecule has 0 amide bonds. The molecule has 2 rings (SSSR count). The first kappa shape index (κ1) is 15.2. The Morgan fingerprint density at radius 1 is 1.55 bits per heavy atom. The molecule has 0 aromatic heterocycles. The zero-order valence-corrected chi connectivity index (χ0v) is 12.0. The van der Waals surface area contributed by atoms with E-state index >= 15 is 0 Å². The predicted molar refractivity (Wildman–Crippen MR) is 73.5 cm³/mol. The Labute approximate surface area is 117 Å². The molecule has 0 aliphatic carbocycles. The van der Waals surface area contributed by atoms with Gasteiger partial charge in [0.2, 0.25) is 10.0 Å². The van der Waals surface area contributed by atoms with Gasteiger partial charge in [0.1, 0.15) is 5.82 Å². The van der Waals surface area contributed by atoms with Crippen molar-refractivity contribution in [2.75, 3.05) is 38.6 Å². The average molecular weight is 303 g/mol. The van der Waals surface area contributed by atoms with Crippen LogP contribution in [-0.2, 0) is 14.8 Å². The summed E-state index contributed by atoms with van der Waals surface area (Å²) in [4.78, 5) is 1.89. The minimum Gasteiger partial charge on any atom is -0.380 e. The number of likely N-dealkylation sites (N-methyl/N-ethyl adjacent to an activating group) is 1. The molecular weight excluding hydrogens is 285 g/mol. The van der Waals surface area contributed by atoms with Crippen molar-refractivity contribution in [3.63, 3.8) is 0 Å². The Hall–Kier alpha value is -1.22. The molecule has 1 aromatic carbocycles. The number of benzene rings is 1. The van der Waals surface area contributed by atoms with Crippen molar-refractivity contribution in [1.82, 2.24) is 4.90 Å². The number of primary sulfonamides is 1. The minimum absolute atomic E-state index is 0.0222. The Bertz CT molecular complexity index is 579. The van der Waals surface area contributed by atoms with E-state index in [2.05, 4.69) is 10.2 Å². The zero-order valence-electron chi connectivity index (χ0n) is 11.2. The molecule has 0 spiro atoms. The quantitative estimate of drug-likeness (QED) is 0.831. The molecule has 0 bridgehead atoms. The van der Waals surface area contributed by atoms with Gasteiger partial charge in [0.15, 0.2) is 0 Å². The molecule has 8 heteroatoms. The van der Waals surface area contributed by atoms with E-state index in [0.29, 0.717) is 13.2 Å². The smallest absolute Gasteiger partial charge is 0.238 e. The van der Waals surface area contributed by atoms with E-state index in [1.54, 1.807) is 0 Å². The van der Waals surface area contributed by atoms with E-state index in [-0.39, 0.29) is 16.7 Å². The third-order valence-corrected chi connectivity index (χ3v) is 4.04. The van der Waals surface area contributed by atoms with E-state index in [9.17, 15) is 12.8 Å². The van der Waals surface area contributed by atoms with Crippen molar-refractivity contribution in [3.8, 4) is 0 Å². The van der Waals surface area contributed by atoms with Crippen LogP contribution in [0, 0.1) is 5.82 Å². The zero-order chi connectivity index (χ0) is 14.8. The lowest BCUT2D eigenvalue weighted by Crippen LogP contribution is -2.43. The number of anilines is 1. The van der Waals surface area contributed by atoms with Gasteiger partial charge in [0, 0.05) is 19.6 Å². The van der Waals surface area contributed by atoms with Crippen molar-refractivity contribution in [3.05, 3.63) is 24.0 Å². The Kier molecular flexibility index (Phi) is 4.59. The molecule has 0 radical (unpaired) electrons. The maximum Gasteiger partial charge on any atom is 0.238 e. The third-order valence-electron chi connectivity index (χ3n) is 3.13. The third kappa shape index (κ3) is 3.89. The molecule has 6 nitrogen and oxygen atoms in total. The highest BCUT2D eigenvalue weighted by atomic mass is 32.2. The monoisotopic (exact) mass is 303 g/mol. The molecule has 1 aliphatic heterocycles.